The van der Waals surface area contributed by atoms with E-state index in [1.165, 1.54) is 31.4 Å². The normalized spacial score (nSPS) is 24.3. The van der Waals surface area contributed by atoms with Crippen LogP contribution in [0.1, 0.15) is 52.1 Å². The Morgan fingerprint density at radius 3 is 2.42 bits per heavy atom. The Bertz CT molecular complexity index is 429. The summed E-state index contributed by atoms with van der Waals surface area (Å²) in [6.45, 7) is 9.14. The lowest BCUT2D eigenvalue weighted by molar-refractivity contribution is 0.173. The van der Waals surface area contributed by atoms with Gasteiger partial charge in [-0.3, -0.25) is 4.98 Å². The van der Waals surface area contributed by atoms with Crippen LogP contribution in [0.25, 0.3) is 0 Å². The Hall–Kier alpha value is -0.570. The van der Waals surface area contributed by atoms with Crippen molar-refractivity contribution in [3.05, 3.63) is 22.4 Å². The minimum Gasteiger partial charge on any atom is -0.381 e. The molecule has 0 atom stereocenters. The fourth-order valence-corrected chi connectivity index (χ4v) is 3.33. The first-order valence-corrected chi connectivity index (χ1v) is 8.05. The van der Waals surface area contributed by atoms with Crippen LogP contribution in [-0.2, 0) is 0 Å². The van der Waals surface area contributed by atoms with Crippen molar-refractivity contribution >= 4 is 21.6 Å². The molecule has 1 N–H and O–H groups in total. The second-order valence-corrected chi connectivity index (χ2v) is 7.61. The van der Waals surface area contributed by atoms with E-state index in [-0.39, 0.29) is 0 Å². The number of aryl methyl sites for hydroxylation is 1. The minimum absolute atomic E-state index is 0.457. The first kappa shape index (κ1) is 14.8. The third-order valence-electron chi connectivity index (χ3n) is 4.38. The molecule has 1 saturated carbocycles. The second kappa shape index (κ2) is 5.82. The lowest BCUT2D eigenvalue weighted by atomic mass is 9.71. The van der Waals surface area contributed by atoms with Gasteiger partial charge in [0.1, 0.15) is 0 Å². The van der Waals surface area contributed by atoms with Crippen molar-refractivity contribution < 1.29 is 0 Å². The van der Waals surface area contributed by atoms with Crippen LogP contribution in [0.2, 0.25) is 0 Å². The Morgan fingerprint density at radius 2 is 1.84 bits per heavy atom. The molecule has 2 nitrogen and oxygen atoms in total. The van der Waals surface area contributed by atoms with Crippen LogP contribution in [-0.4, -0.2) is 11.0 Å². The van der Waals surface area contributed by atoms with E-state index < -0.39 is 0 Å². The lowest BCUT2D eigenvalue weighted by Crippen LogP contribution is -2.31. The van der Waals surface area contributed by atoms with Crippen molar-refractivity contribution in [3.63, 3.8) is 0 Å². The number of halogens is 1. The van der Waals surface area contributed by atoms with Gasteiger partial charge >= 0.3 is 0 Å². The summed E-state index contributed by atoms with van der Waals surface area (Å²) >= 11 is 3.63. The Morgan fingerprint density at radius 1 is 1.21 bits per heavy atom. The third kappa shape index (κ3) is 3.71. The van der Waals surface area contributed by atoms with Gasteiger partial charge < -0.3 is 5.32 Å². The molecule has 2 rings (SSSR count). The van der Waals surface area contributed by atoms with Crippen molar-refractivity contribution in [2.45, 2.75) is 59.4 Å². The highest BCUT2D eigenvalue weighted by atomic mass is 79.9. The standard InChI is InChI=1S/C16H25BrN2/c1-11-15(17)14(9-10-18-11)19-13-7-5-12(6-8-13)16(2,3)4/h9-10,12-13H,5-8H2,1-4H3,(H,18,19). The van der Waals surface area contributed by atoms with Gasteiger partial charge in [0.15, 0.2) is 0 Å². The maximum Gasteiger partial charge on any atom is 0.0619 e. The predicted octanol–water partition coefficient (Wildman–Crippen LogP) is 5.17. The fourth-order valence-electron chi connectivity index (χ4n) is 2.98. The van der Waals surface area contributed by atoms with E-state index in [1.54, 1.807) is 0 Å². The van der Waals surface area contributed by atoms with E-state index >= 15 is 0 Å². The number of rotatable bonds is 2. The van der Waals surface area contributed by atoms with E-state index in [4.69, 9.17) is 0 Å². The zero-order valence-corrected chi connectivity index (χ0v) is 14.0. The number of hydrogen-bond acceptors (Lipinski definition) is 2. The van der Waals surface area contributed by atoms with Gasteiger partial charge in [-0.2, -0.15) is 0 Å². The molecule has 19 heavy (non-hydrogen) atoms. The molecule has 0 aliphatic heterocycles. The summed E-state index contributed by atoms with van der Waals surface area (Å²) in [6, 6.07) is 2.67. The highest BCUT2D eigenvalue weighted by Gasteiger charge is 2.29. The minimum atomic E-state index is 0.457. The van der Waals surface area contributed by atoms with Gasteiger partial charge in [0.2, 0.25) is 0 Å². The van der Waals surface area contributed by atoms with Crippen molar-refractivity contribution in [2.75, 3.05) is 5.32 Å². The summed E-state index contributed by atoms with van der Waals surface area (Å²) in [5.74, 6) is 0.869. The van der Waals surface area contributed by atoms with Crippen LogP contribution < -0.4 is 5.32 Å². The molecule has 0 aromatic carbocycles. The van der Waals surface area contributed by atoms with Crippen molar-refractivity contribution in [1.29, 1.82) is 0 Å². The largest absolute Gasteiger partial charge is 0.381 e. The molecule has 0 saturated heterocycles. The monoisotopic (exact) mass is 324 g/mol. The van der Waals surface area contributed by atoms with E-state index in [0.29, 0.717) is 11.5 Å². The van der Waals surface area contributed by atoms with Crippen molar-refractivity contribution in [1.82, 2.24) is 4.98 Å². The first-order chi connectivity index (χ1) is 8.88. The SMILES string of the molecule is Cc1nccc(NC2CCC(C(C)(C)C)CC2)c1Br. The lowest BCUT2D eigenvalue weighted by Gasteiger charge is -2.37. The van der Waals surface area contributed by atoms with Crippen LogP contribution in [0, 0.1) is 18.3 Å². The van der Waals surface area contributed by atoms with Crippen LogP contribution >= 0.6 is 15.9 Å². The molecule has 0 radical (unpaired) electrons. The van der Waals surface area contributed by atoms with E-state index in [0.717, 1.165) is 16.1 Å². The van der Waals surface area contributed by atoms with Gasteiger partial charge in [0.05, 0.1) is 15.9 Å². The third-order valence-corrected chi connectivity index (χ3v) is 5.38. The average Bonchev–Trinajstić information content (AvgIpc) is 2.35. The number of pyridine rings is 1. The maximum atomic E-state index is 4.29. The van der Waals surface area contributed by atoms with E-state index in [1.807, 2.05) is 13.1 Å². The molecule has 1 heterocycles. The summed E-state index contributed by atoms with van der Waals surface area (Å²) in [4.78, 5) is 4.29. The molecule has 0 unspecified atom stereocenters. The molecule has 0 bridgehead atoms. The molecule has 1 aromatic rings. The average molecular weight is 325 g/mol. The molecule has 106 valence electrons. The number of anilines is 1. The molecular weight excluding hydrogens is 300 g/mol. The summed E-state index contributed by atoms with van der Waals surface area (Å²) in [5, 5.41) is 3.68. The van der Waals surface area contributed by atoms with Gasteiger partial charge in [-0.25, -0.2) is 0 Å². The smallest absolute Gasteiger partial charge is 0.0619 e. The number of nitrogens with one attached hydrogen (secondary N) is 1. The molecule has 3 heteroatoms. The van der Waals surface area contributed by atoms with E-state index in [2.05, 4.69) is 53.1 Å². The van der Waals surface area contributed by atoms with Crippen molar-refractivity contribution in [2.24, 2.45) is 11.3 Å². The van der Waals surface area contributed by atoms with Gasteiger partial charge in [0, 0.05) is 12.2 Å². The maximum absolute atomic E-state index is 4.29. The van der Waals surface area contributed by atoms with Crippen LogP contribution in [0.15, 0.2) is 16.7 Å². The summed E-state index contributed by atoms with van der Waals surface area (Å²) in [5.41, 5.74) is 2.69. The molecule has 0 spiro atoms. The van der Waals surface area contributed by atoms with Gasteiger partial charge in [-0.05, 0) is 65.9 Å². The van der Waals surface area contributed by atoms with Crippen molar-refractivity contribution in [3.8, 4) is 0 Å². The van der Waals surface area contributed by atoms with Gasteiger partial charge in [-0.15, -0.1) is 0 Å². The Labute approximate surface area is 125 Å². The van der Waals surface area contributed by atoms with Crippen LogP contribution in [0.4, 0.5) is 5.69 Å². The molecule has 0 amide bonds. The molecular formula is C16H25BrN2. The van der Waals surface area contributed by atoms with Gasteiger partial charge in [-0.1, -0.05) is 20.8 Å². The summed E-state index contributed by atoms with van der Waals surface area (Å²) in [7, 11) is 0. The Kier molecular flexibility index (Phi) is 4.54. The highest BCUT2D eigenvalue weighted by molar-refractivity contribution is 9.10. The number of nitrogens with zero attached hydrogens (tertiary/aromatic N) is 1. The quantitative estimate of drug-likeness (QED) is 0.811. The first-order valence-electron chi connectivity index (χ1n) is 7.25. The van der Waals surface area contributed by atoms with Gasteiger partial charge in [0.25, 0.3) is 0 Å². The summed E-state index contributed by atoms with van der Waals surface area (Å²) < 4.78 is 1.10. The topological polar surface area (TPSA) is 24.9 Å². The fraction of sp³-hybridized carbons (Fsp3) is 0.688. The second-order valence-electron chi connectivity index (χ2n) is 6.82. The van der Waals surface area contributed by atoms with E-state index in [9.17, 15) is 0 Å². The number of aromatic nitrogens is 1. The molecule has 1 aliphatic carbocycles. The molecule has 1 aliphatic rings. The zero-order chi connectivity index (χ0) is 14.0. The van der Waals surface area contributed by atoms with Crippen LogP contribution in [0.5, 0.6) is 0 Å². The van der Waals surface area contributed by atoms with Crippen LogP contribution in [0.3, 0.4) is 0 Å². The predicted molar refractivity (Wildman–Crippen MR) is 85.5 cm³/mol. The number of hydrogen-bond donors (Lipinski definition) is 1. The zero-order valence-electron chi connectivity index (χ0n) is 12.5. The highest BCUT2D eigenvalue weighted by Crippen LogP contribution is 2.38. The summed E-state index contributed by atoms with van der Waals surface area (Å²) in [6.07, 6.45) is 7.10. The molecule has 1 aromatic heterocycles. The molecule has 1 fully saturated rings. The Balaban J connectivity index is 1.94.